The lowest BCUT2D eigenvalue weighted by Gasteiger charge is -2.29. The van der Waals surface area contributed by atoms with Gasteiger partial charge in [-0.25, -0.2) is 0 Å². The maximum Gasteiger partial charge on any atom is 0.242 e. The molecule has 3 aromatic carbocycles. The van der Waals surface area contributed by atoms with Crippen LogP contribution in [0.2, 0.25) is 0 Å². The lowest BCUT2D eigenvalue weighted by atomic mass is 10.1. The van der Waals surface area contributed by atoms with Crippen LogP contribution in [-0.4, -0.2) is 50.9 Å². The predicted octanol–water partition coefficient (Wildman–Crippen LogP) is 3.72. The number of hydrogen-bond donors (Lipinski definition) is 1. The number of amides is 2. The van der Waals surface area contributed by atoms with E-state index in [9.17, 15) is 9.59 Å². The number of ether oxygens (including phenoxy) is 5. The molecule has 1 aliphatic heterocycles. The highest BCUT2D eigenvalue weighted by molar-refractivity contribution is 5.88. The van der Waals surface area contributed by atoms with Crippen molar-refractivity contribution in [3.63, 3.8) is 0 Å². The van der Waals surface area contributed by atoms with Gasteiger partial charge in [0.1, 0.15) is 11.8 Å². The van der Waals surface area contributed by atoms with Gasteiger partial charge >= 0.3 is 0 Å². The third-order valence-corrected chi connectivity index (χ3v) is 6.39. The molecule has 0 fully saturated rings. The van der Waals surface area contributed by atoms with Gasteiger partial charge in [0.15, 0.2) is 23.0 Å². The van der Waals surface area contributed by atoms with E-state index in [-0.39, 0.29) is 31.6 Å². The molecule has 1 aliphatic rings. The van der Waals surface area contributed by atoms with Crippen molar-refractivity contribution in [3.8, 4) is 28.7 Å². The van der Waals surface area contributed by atoms with E-state index in [2.05, 4.69) is 5.32 Å². The smallest absolute Gasteiger partial charge is 0.242 e. The first-order valence-electron chi connectivity index (χ1n) is 12.2. The molecule has 4 rings (SSSR count). The second kappa shape index (κ2) is 12.2. The molecule has 9 heteroatoms. The van der Waals surface area contributed by atoms with Crippen LogP contribution in [0.1, 0.15) is 23.6 Å². The normalized spacial score (nSPS) is 12.4. The van der Waals surface area contributed by atoms with Crippen LogP contribution in [0, 0.1) is 0 Å². The Kier molecular flexibility index (Phi) is 8.58. The summed E-state index contributed by atoms with van der Waals surface area (Å²) in [4.78, 5) is 28.3. The maximum atomic E-state index is 13.6. The van der Waals surface area contributed by atoms with Crippen LogP contribution in [0.5, 0.6) is 28.7 Å². The molecule has 38 heavy (non-hydrogen) atoms. The highest BCUT2D eigenvalue weighted by atomic mass is 16.7. The molecule has 0 aliphatic carbocycles. The van der Waals surface area contributed by atoms with Gasteiger partial charge in [-0.15, -0.1) is 0 Å². The summed E-state index contributed by atoms with van der Waals surface area (Å²) in [5.41, 5.74) is 2.50. The average molecular weight is 521 g/mol. The van der Waals surface area contributed by atoms with Gasteiger partial charge in [0.25, 0.3) is 0 Å². The Bertz CT molecular complexity index is 1280. The largest absolute Gasteiger partial charge is 0.497 e. The van der Waals surface area contributed by atoms with Gasteiger partial charge in [-0.05, 0) is 60.0 Å². The fourth-order valence-corrected chi connectivity index (χ4v) is 4.16. The van der Waals surface area contributed by atoms with Crippen LogP contribution in [-0.2, 0) is 29.1 Å². The first-order valence-corrected chi connectivity index (χ1v) is 12.2. The third kappa shape index (κ3) is 6.29. The first-order chi connectivity index (χ1) is 18.4. The second-order valence-electron chi connectivity index (χ2n) is 8.82. The summed E-state index contributed by atoms with van der Waals surface area (Å²) in [6.45, 7) is 2.46. The molecule has 3 aromatic rings. The molecule has 200 valence electrons. The molecule has 0 radical (unpaired) electrons. The van der Waals surface area contributed by atoms with Gasteiger partial charge in [-0.2, -0.15) is 0 Å². The Morgan fingerprint density at radius 1 is 0.842 bits per heavy atom. The van der Waals surface area contributed by atoms with Gasteiger partial charge in [0.2, 0.25) is 18.6 Å². The number of nitrogens with zero attached hydrogens (tertiary/aromatic N) is 1. The topological polar surface area (TPSA) is 95.6 Å². The van der Waals surface area contributed by atoms with Crippen molar-refractivity contribution in [1.82, 2.24) is 10.2 Å². The number of rotatable bonds is 11. The number of carbonyl (C=O) groups is 2. The van der Waals surface area contributed by atoms with Gasteiger partial charge in [0.05, 0.1) is 27.8 Å². The molecule has 0 saturated carbocycles. The third-order valence-electron chi connectivity index (χ3n) is 6.39. The summed E-state index contributed by atoms with van der Waals surface area (Å²) in [6, 6.07) is 17.6. The summed E-state index contributed by atoms with van der Waals surface area (Å²) in [7, 11) is 4.70. The first kappa shape index (κ1) is 26.7. The van der Waals surface area contributed by atoms with Crippen LogP contribution in [0.3, 0.4) is 0 Å². The fraction of sp³-hybridized carbons (Fsp3) is 0.310. The van der Waals surface area contributed by atoms with Crippen LogP contribution in [0.15, 0.2) is 60.7 Å². The minimum Gasteiger partial charge on any atom is -0.497 e. The lowest BCUT2D eigenvalue weighted by Crippen LogP contribution is -2.48. The number of hydrogen-bond acceptors (Lipinski definition) is 7. The van der Waals surface area contributed by atoms with Crippen molar-refractivity contribution in [2.45, 2.75) is 32.5 Å². The van der Waals surface area contributed by atoms with Crippen molar-refractivity contribution < 1.29 is 33.3 Å². The Morgan fingerprint density at radius 3 is 2.24 bits per heavy atom. The predicted molar refractivity (Wildman–Crippen MR) is 141 cm³/mol. The summed E-state index contributed by atoms with van der Waals surface area (Å²) >= 11 is 0. The monoisotopic (exact) mass is 520 g/mol. The van der Waals surface area contributed by atoms with Gasteiger partial charge in [-0.3, -0.25) is 9.59 Å². The molecule has 9 nitrogen and oxygen atoms in total. The zero-order valence-electron chi connectivity index (χ0n) is 22.0. The van der Waals surface area contributed by atoms with Crippen molar-refractivity contribution >= 4 is 11.8 Å². The second-order valence-corrected chi connectivity index (χ2v) is 8.82. The fourth-order valence-electron chi connectivity index (χ4n) is 4.16. The lowest BCUT2D eigenvalue weighted by molar-refractivity contribution is -0.140. The zero-order valence-corrected chi connectivity index (χ0v) is 22.0. The Morgan fingerprint density at radius 2 is 1.53 bits per heavy atom. The quantitative estimate of drug-likeness (QED) is 0.412. The van der Waals surface area contributed by atoms with Gasteiger partial charge < -0.3 is 33.9 Å². The summed E-state index contributed by atoms with van der Waals surface area (Å²) in [6.07, 6.45) is 0.0935. The molecule has 0 bridgehead atoms. The minimum absolute atomic E-state index is 0.0935. The standard InChI is InChI=1S/C29H32N2O7/c1-19(29(33)30-16-22-8-12-25-27(14-22)38-18-37-25)31(17-20-5-9-23(34-2)10-6-20)28(32)15-21-7-11-24(35-3)26(13-21)36-4/h5-14,19H,15-18H2,1-4H3,(H,30,33). The summed E-state index contributed by atoms with van der Waals surface area (Å²) < 4.78 is 26.7. The maximum absolute atomic E-state index is 13.6. The van der Waals surface area contributed by atoms with Gasteiger partial charge in [0, 0.05) is 13.1 Å². The van der Waals surface area contributed by atoms with E-state index in [1.165, 1.54) is 0 Å². The van der Waals surface area contributed by atoms with Crippen LogP contribution < -0.4 is 29.0 Å². The van der Waals surface area contributed by atoms with Crippen LogP contribution in [0.4, 0.5) is 0 Å². The number of carbonyl (C=O) groups excluding carboxylic acids is 2. The highest BCUT2D eigenvalue weighted by Crippen LogP contribution is 2.32. The highest BCUT2D eigenvalue weighted by Gasteiger charge is 2.26. The van der Waals surface area contributed by atoms with Crippen molar-refractivity contribution in [3.05, 3.63) is 77.4 Å². The number of methoxy groups -OCH3 is 3. The van der Waals surface area contributed by atoms with E-state index in [0.717, 1.165) is 16.7 Å². The molecule has 1 N–H and O–H groups in total. The SMILES string of the molecule is COc1ccc(CN(C(=O)Cc2ccc(OC)c(OC)c2)C(C)C(=O)NCc2ccc3c(c2)OCO3)cc1. The number of nitrogens with one attached hydrogen (secondary N) is 1. The van der Waals surface area contributed by atoms with Crippen molar-refractivity contribution in [1.29, 1.82) is 0 Å². The van der Waals surface area contributed by atoms with Crippen LogP contribution in [0.25, 0.3) is 0 Å². The average Bonchev–Trinajstić information content (AvgIpc) is 3.42. The zero-order chi connectivity index (χ0) is 27.1. The molecular formula is C29H32N2O7. The summed E-state index contributed by atoms with van der Waals surface area (Å²) in [5, 5.41) is 2.94. The van der Waals surface area contributed by atoms with Crippen molar-refractivity contribution in [2.24, 2.45) is 0 Å². The molecule has 1 heterocycles. The van der Waals surface area contributed by atoms with E-state index in [0.29, 0.717) is 35.3 Å². The molecule has 0 saturated heterocycles. The number of fused-ring (bicyclic) bond motifs is 1. The molecular weight excluding hydrogens is 488 g/mol. The number of benzene rings is 3. The van der Waals surface area contributed by atoms with E-state index >= 15 is 0 Å². The Balaban J connectivity index is 1.49. The van der Waals surface area contributed by atoms with Gasteiger partial charge in [-0.1, -0.05) is 24.3 Å². The van der Waals surface area contributed by atoms with E-state index in [1.54, 1.807) is 45.3 Å². The summed E-state index contributed by atoms with van der Waals surface area (Å²) in [5.74, 6) is 2.70. The van der Waals surface area contributed by atoms with E-state index in [1.807, 2.05) is 48.5 Å². The van der Waals surface area contributed by atoms with Crippen molar-refractivity contribution in [2.75, 3.05) is 28.1 Å². The molecule has 0 spiro atoms. The minimum atomic E-state index is -0.723. The van der Waals surface area contributed by atoms with E-state index in [4.69, 9.17) is 23.7 Å². The molecule has 1 atom stereocenters. The Labute approximate surface area is 222 Å². The molecule has 2 amide bonds. The van der Waals surface area contributed by atoms with E-state index < -0.39 is 6.04 Å². The Hall–Kier alpha value is -4.40. The molecule has 0 aromatic heterocycles. The molecule has 1 unspecified atom stereocenters. The van der Waals surface area contributed by atoms with Crippen LogP contribution >= 0.6 is 0 Å².